The molecule has 3 N–H and O–H groups in total. The second-order valence-corrected chi connectivity index (χ2v) is 3.48. The first-order valence-electron chi connectivity index (χ1n) is 5.07. The van der Waals surface area contributed by atoms with Crippen LogP contribution in [0.1, 0.15) is 5.76 Å². The lowest BCUT2D eigenvalue weighted by atomic mass is 10.3. The number of aliphatic hydroxyl groups is 1. The third kappa shape index (κ3) is 2.99. The summed E-state index contributed by atoms with van der Waals surface area (Å²) < 4.78 is 5.20. The normalized spacial score (nSPS) is 20.6. The minimum atomic E-state index is -0.361. The van der Waals surface area contributed by atoms with Gasteiger partial charge in [0.2, 0.25) is 0 Å². The van der Waals surface area contributed by atoms with Crippen molar-refractivity contribution in [1.82, 2.24) is 10.6 Å². The Morgan fingerprint density at radius 1 is 1.67 bits per heavy atom. The Bertz CT molecular complexity index is 321. The van der Waals surface area contributed by atoms with Gasteiger partial charge >= 0.3 is 0 Å². The number of β-amino-alcohol motifs (C(OH)–C–C–N with tert-alkyl or cyclic N) is 1. The zero-order chi connectivity index (χ0) is 10.5. The van der Waals surface area contributed by atoms with Gasteiger partial charge in [0.15, 0.2) is 5.96 Å². The molecule has 2 heterocycles. The third-order valence-electron chi connectivity index (χ3n) is 2.21. The largest absolute Gasteiger partial charge is 0.469 e. The highest BCUT2D eigenvalue weighted by Gasteiger charge is 2.10. The van der Waals surface area contributed by atoms with E-state index in [0.29, 0.717) is 13.1 Å². The van der Waals surface area contributed by atoms with E-state index in [1.807, 2.05) is 12.1 Å². The highest BCUT2D eigenvalue weighted by atomic mass is 16.3. The average molecular weight is 209 g/mol. The van der Waals surface area contributed by atoms with Crippen molar-refractivity contribution < 1.29 is 9.52 Å². The van der Waals surface area contributed by atoms with E-state index in [2.05, 4.69) is 15.6 Å². The van der Waals surface area contributed by atoms with Gasteiger partial charge in [0.1, 0.15) is 5.76 Å². The summed E-state index contributed by atoms with van der Waals surface area (Å²) in [6.45, 7) is 1.80. The van der Waals surface area contributed by atoms with Crippen molar-refractivity contribution in [3.63, 3.8) is 0 Å². The van der Waals surface area contributed by atoms with Crippen LogP contribution in [0.4, 0.5) is 0 Å². The van der Waals surface area contributed by atoms with Crippen LogP contribution in [0, 0.1) is 0 Å². The lowest BCUT2D eigenvalue weighted by molar-refractivity contribution is 0.180. The number of aliphatic hydroxyl groups excluding tert-OH is 1. The van der Waals surface area contributed by atoms with Gasteiger partial charge in [0.25, 0.3) is 0 Å². The zero-order valence-electron chi connectivity index (χ0n) is 8.44. The molecule has 15 heavy (non-hydrogen) atoms. The fourth-order valence-corrected chi connectivity index (χ4v) is 1.41. The van der Waals surface area contributed by atoms with Gasteiger partial charge in [-0.15, -0.1) is 0 Å². The van der Waals surface area contributed by atoms with Crippen LogP contribution in [-0.4, -0.2) is 36.8 Å². The lowest BCUT2D eigenvalue weighted by Crippen LogP contribution is -2.46. The Hall–Kier alpha value is -1.49. The quantitative estimate of drug-likeness (QED) is 0.641. The molecule has 0 fully saturated rings. The molecule has 0 saturated heterocycles. The summed E-state index contributed by atoms with van der Waals surface area (Å²) in [6.07, 6.45) is 2.14. The maximum Gasteiger partial charge on any atom is 0.191 e. The van der Waals surface area contributed by atoms with Gasteiger partial charge in [-0.1, -0.05) is 0 Å². The number of rotatable bonds is 3. The average Bonchev–Trinajstić information content (AvgIpc) is 2.74. The van der Waals surface area contributed by atoms with Gasteiger partial charge in [-0.05, 0) is 12.1 Å². The second kappa shape index (κ2) is 4.84. The number of hydrogen-bond acceptors (Lipinski definition) is 5. The monoisotopic (exact) mass is 209 g/mol. The van der Waals surface area contributed by atoms with Crippen molar-refractivity contribution in [2.75, 3.05) is 19.6 Å². The van der Waals surface area contributed by atoms with E-state index in [9.17, 15) is 5.11 Å². The van der Waals surface area contributed by atoms with Gasteiger partial charge in [-0.25, -0.2) is 0 Å². The van der Waals surface area contributed by atoms with Crippen molar-refractivity contribution in [1.29, 1.82) is 0 Å². The summed E-state index contributed by atoms with van der Waals surface area (Å²) in [5, 5.41) is 15.3. The molecule has 1 atom stereocenters. The number of guanidine groups is 1. The highest BCUT2D eigenvalue weighted by molar-refractivity contribution is 5.80. The van der Waals surface area contributed by atoms with Crippen molar-refractivity contribution in [2.24, 2.45) is 4.99 Å². The van der Waals surface area contributed by atoms with E-state index in [1.165, 1.54) is 0 Å². The number of hydrogen-bond donors (Lipinski definition) is 3. The molecule has 5 nitrogen and oxygen atoms in total. The maximum absolute atomic E-state index is 9.19. The molecular weight excluding hydrogens is 194 g/mol. The SMILES string of the molecule is OC1CN=C(NCCc2ccco2)NC1. The molecule has 0 spiro atoms. The smallest absolute Gasteiger partial charge is 0.191 e. The Labute approximate surface area is 88.2 Å². The van der Waals surface area contributed by atoms with E-state index in [0.717, 1.165) is 24.7 Å². The fraction of sp³-hybridized carbons (Fsp3) is 0.500. The molecule has 0 bridgehead atoms. The van der Waals surface area contributed by atoms with Crippen LogP contribution < -0.4 is 10.6 Å². The topological polar surface area (TPSA) is 69.8 Å². The molecule has 82 valence electrons. The summed E-state index contributed by atoms with van der Waals surface area (Å²) in [6, 6.07) is 3.82. The maximum atomic E-state index is 9.19. The van der Waals surface area contributed by atoms with Crippen LogP contribution >= 0.6 is 0 Å². The molecule has 0 aromatic carbocycles. The van der Waals surface area contributed by atoms with Gasteiger partial charge < -0.3 is 20.2 Å². The first-order chi connectivity index (χ1) is 7.34. The summed E-state index contributed by atoms with van der Waals surface area (Å²) in [5.41, 5.74) is 0. The van der Waals surface area contributed by atoms with E-state index in [4.69, 9.17) is 4.42 Å². The van der Waals surface area contributed by atoms with Crippen molar-refractivity contribution in [2.45, 2.75) is 12.5 Å². The van der Waals surface area contributed by atoms with E-state index in [-0.39, 0.29) is 6.10 Å². The number of aliphatic imine (C=N–C) groups is 1. The van der Waals surface area contributed by atoms with Crippen LogP contribution in [0.3, 0.4) is 0 Å². The Kier molecular flexibility index (Phi) is 3.24. The van der Waals surface area contributed by atoms with Gasteiger partial charge in [0, 0.05) is 19.5 Å². The first-order valence-corrected chi connectivity index (χ1v) is 5.07. The molecule has 2 rings (SSSR count). The summed E-state index contributed by atoms with van der Waals surface area (Å²) in [4.78, 5) is 4.14. The van der Waals surface area contributed by atoms with Gasteiger partial charge in [-0.2, -0.15) is 0 Å². The number of nitrogens with zero attached hydrogens (tertiary/aromatic N) is 1. The van der Waals surface area contributed by atoms with E-state index in [1.54, 1.807) is 6.26 Å². The molecule has 0 amide bonds. The van der Waals surface area contributed by atoms with Crippen LogP contribution in [0.2, 0.25) is 0 Å². The Morgan fingerprint density at radius 2 is 2.60 bits per heavy atom. The lowest BCUT2D eigenvalue weighted by Gasteiger charge is -2.19. The first kappa shape index (κ1) is 10.0. The molecule has 1 unspecified atom stereocenters. The number of furan rings is 1. The molecule has 0 aliphatic carbocycles. The molecule has 1 aromatic rings. The Balaban J connectivity index is 1.70. The van der Waals surface area contributed by atoms with Crippen molar-refractivity contribution in [3.05, 3.63) is 24.2 Å². The highest BCUT2D eigenvalue weighted by Crippen LogP contribution is 1.99. The minimum absolute atomic E-state index is 0.361. The molecule has 0 radical (unpaired) electrons. The third-order valence-corrected chi connectivity index (χ3v) is 2.21. The van der Waals surface area contributed by atoms with Crippen LogP contribution in [0.15, 0.2) is 27.8 Å². The molecule has 1 aliphatic heterocycles. The van der Waals surface area contributed by atoms with E-state index < -0.39 is 0 Å². The fourth-order valence-electron chi connectivity index (χ4n) is 1.41. The summed E-state index contributed by atoms with van der Waals surface area (Å²) >= 11 is 0. The zero-order valence-corrected chi connectivity index (χ0v) is 8.44. The summed E-state index contributed by atoms with van der Waals surface area (Å²) in [7, 11) is 0. The second-order valence-electron chi connectivity index (χ2n) is 3.48. The van der Waals surface area contributed by atoms with Crippen LogP contribution in [0.5, 0.6) is 0 Å². The molecule has 1 aliphatic rings. The molecule has 5 heteroatoms. The van der Waals surface area contributed by atoms with Crippen molar-refractivity contribution >= 4 is 5.96 Å². The van der Waals surface area contributed by atoms with Crippen LogP contribution in [-0.2, 0) is 6.42 Å². The molecular formula is C10H15N3O2. The van der Waals surface area contributed by atoms with E-state index >= 15 is 0 Å². The predicted octanol–water partition coefficient (Wildman–Crippen LogP) is -0.268. The minimum Gasteiger partial charge on any atom is -0.469 e. The molecule has 1 aromatic heterocycles. The van der Waals surface area contributed by atoms with Gasteiger partial charge in [0.05, 0.1) is 18.9 Å². The Morgan fingerprint density at radius 3 is 3.27 bits per heavy atom. The number of nitrogens with one attached hydrogen (secondary N) is 2. The predicted molar refractivity (Wildman–Crippen MR) is 56.7 cm³/mol. The van der Waals surface area contributed by atoms with Crippen LogP contribution in [0.25, 0.3) is 0 Å². The van der Waals surface area contributed by atoms with Crippen molar-refractivity contribution in [3.8, 4) is 0 Å². The molecule has 0 saturated carbocycles. The summed E-state index contributed by atoms with van der Waals surface area (Å²) in [5.74, 6) is 1.71. The standard InChI is InChI=1S/C10H15N3O2/c14-8-6-12-10(13-7-8)11-4-3-9-2-1-5-15-9/h1-2,5,8,14H,3-4,6-7H2,(H2,11,12,13). The van der Waals surface area contributed by atoms with Gasteiger partial charge in [-0.3, -0.25) is 4.99 Å².